The monoisotopic (exact) mass is 228 g/mol. The molecule has 0 saturated heterocycles. The zero-order chi connectivity index (χ0) is 12.3. The molecule has 0 saturated carbocycles. The molecule has 5 nitrogen and oxygen atoms in total. The molecule has 0 fully saturated rings. The molecule has 1 aromatic heterocycles. The molecule has 0 bridgehead atoms. The van der Waals surface area contributed by atoms with Gasteiger partial charge in [0.15, 0.2) is 5.43 Å². The molecule has 1 heterocycles. The number of hydrogen-bond acceptors (Lipinski definition) is 4. The Morgan fingerprint density at radius 2 is 2.24 bits per heavy atom. The summed E-state index contributed by atoms with van der Waals surface area (Å²) in [5.41, 5.74) is 0.745. The van der Waals surface area contributed by atoms with Gasteiger partial charge in [-0.1, -0.05) is 0 Å². The van der Waals surface area contributed by atoms with E-state index < -0.39 is 5.91 Å². The van der Waals surface area contributed by atoms with Gasteiger partial charge in [-0.2, -0.15) is 5.26 Å². The fourth-order valence-electron chi connectivity index (χ4n) is 1.44. The van der Waals surface area contributed by atoms with Gasteiger partial charge in [0, 0.05) is 11.8 Å². The number of rotatable bonds is 2. The highest BCUT2D eigenvalue weighted by Gasteiger charge is 2.04. The Hall–Kier alpha value is -2.61. The van der Waals surface area contributed by atoms with Crippen molar-refractivity contribution >= 4 is 22.6 Å². The Morgan fingerprint density at radius 3 is 3.00 bits per heavy atom. The smallest absolute Gasteiger partial charge is 0.238 e. The van der Waals surface area contributed by atoms with Gasteiger partial charge >= 0.3 is 0 Å². The number of benzene rings is 1. The Morgan fingerprint density at radius 1 is 1.41 bits per heavy atom. The van der Waals surface area contributed by atoms with Gasteiger partial charge in [-0.15, -0.1) is 0 Å². The zero-order valence-corrected chi connectivity index (χ0v) is 8.77. The minimum Gasteiger partial charge on any atom is -0.464 e. The van der Waals surface area contributed by atoms with E-state index in [0.717, 1.165) is 0 Å². The van der Waals surface area contributed by atoms with Crippen LogP contribution in [0.2, 0.25) is 0 Å². The molecular weight excluding hydrogens is 220 g/mol. The van der Waals surface area contributed by atoms with E-state index in [1.807, 2.05) is 0 Å². The van der Waals surface area contributed by atoms with Crippen molar-refractivity contribution in [2.45, 2.75) is 6.42 Å². The first-order chi connectivity index (χ1) is 8.20. The number of anilines is 1. The van der Waals surface area contributed by atoms with E-state index in [4.69, 9.17) is 9.68 Å². The average Bonchev–Trinajstić information content (AvgIpc) is 2.30. The lowest BCUT2D eigenvalue weighted by Gasteiger charge is -2.03. The van der Waals surface area contributed by atoms with Gasteiger partial charge in [0.1, 0.15) is 12.0 Å². The van der Waals surface area contributed by atoms with Gasteiger partial charge in [0.2, 0.25) is 5.91 Å². The number of fused-ring (bicyclic) bond motifs is 1. The lowest BCUT2D eigenvalue weighted by Crippen LogP contribution is -2.10. The Balaban J connectivity index is 2.38. The van der Waals surface area contributed by atoms with Gasteiger partial charge in [-0.3, -0.25) is 9.59 Å². The van der Waals surface area contributed by atoms with Crippen molar-refractivity contribution in [3.05, 3.63) is 40.8 Å². The minimum atomic E-state index is -0.410. The molecule has 1 N–H and O–H groups in total. The number of carbonyl (C=O) groups excluding carboxylic acids is 1. The first-order valence-electron chi connectivity index (χ1n) is 4.89. The number of nitrogens with zero attached hydrogens (tertiary/aromatic N) is 1. The molecule has 0 aliphatic heterocycles. The van der Waals surface area contributed by atoms with Gasteiger partial charge in [0.25, 0.3) is 0 Å². The maximum Gasteiger partial charge on any atom is 0.238 e. The van der Waals surface area contributed by atoms with Crippen molar-refractivity contribution in [1.82, 2.24) is 0 Å². The maximum atomic E-state index is 11.5. The van der Waals surface area contributed by atoms with Crippen LogP contribution in [0.1, 0.15) is 6.42 Å². The van der Waals surface area contributed by atoms with Gasteiger partial charge in [0.05, 0.1) is 17.7 Å². The third-order valence-electron chi connectivity index (χ3n) is 2.18. The van der Waals surface area contributed by atoms with Crippen LogP contribution in [0.3, 0.4) is 0 Å². The van der Waals surface area contributed by atoms with E-state index in [0.29, 0.717) is 16.7 Å². The van der Waals surface area contributed by atoms with Crippen molar-refractivity contribution in [1.29, 1.82) is 5.26 Å². The lowest BCUT2D eigenvalue weighted by atomic mass is 10.2. The third kappa shape index (κ3) is 2.32. The summed E-state index contributed by atoms with van der Waals surface area (Å²) in [5.74, 6) is -0.410. The Labute approximate surface area is 96.3 Å². The second-order valence-electron chi connectivity index (χ2n) is 3.38. The average molecular weight is 228 g/mol. The van der Waals surface area contributed by atoms with Gasteiger partial charge in [-0.05, 0) is 18.2 Å². The molecule has 2 aromatic rings. The quantitative estimate of drug-likeness (QED) is 0.846. The molecule has 1 aromatic carbocycles. The standard InChI is InChI=1S/C12H8N2O3/c13-5-3-12(16)14-8-1-2-11-9(7-8)10(15)4-6-17-11/h1-2,4,6-7H,3H2,(H,14,16). The molecule has 17 heavy (non-hydrogen) atoms. The van der Waals surface area contributed by atoms with Gasteiger partial charge in [-0.25, -0.2) is 0 Å². The number of hydrogen-bond donors (Lipinski definition) is 1. The van der Waals surface area contributed by atoms with Crippen molar-refractivity contribution in [2.24, 2.45) is 0 Å². The summed E-state index contributed by atoms with van der Waals surface area (Å²) in [5, 5.41) is 11.3. The van der Waals surface area contributed by atoms with E-state index in [9.17, 15) is 9.59 Å². The molecule has 0 aliphatic carbocycles. The molecule has 0 unspecified atom stereocenters. The zero-order valence-electron chi connectivity index (χ0n) is 8.77. The van der Waals surface area contributed by atoms with Crippen molar-refractivity contribution in [3.8, 4) is 6.07 Å². The molecule has 5 heteroatoms. The minimum absolute atomic E-state index is 0.178. The van der Waals surface area contributed by atoms with Crippen LogP contribution in [0, 0.1) is 11.3 Å². The number of carbonyl (C=O) groups is 1. The summed E-state index contributed by atoms with van der Waals surface area (Å²) in [4.78, 5) is 22.7. The Kier molecular flexibility index (Phi) is 2.88. The molecule has 0 spiro atoms. The number of nitrogens with one attached hydrogen (secondary N) is 1. The first kappa shape index (κ1) is 10.9. The van der Waals surface area contributed by atoms with Crippen molar-refractivity contribution < 1.29 is 9.21 Å². The van der Waals surface area contributed by atoms with Crippen LogP contribution in [-0.2, 0) is 4.79 Å². The third-order valence-corrected chi connectivity index (χ3v) is 2.18. The predicted octanol–water partition coefficient (Wildman–Crippen LogP) is 1.65. The van der Waals surface area contributed by atoms with Crippen LogP contribution in [0.4, 0.5) is 5.69 Å². The van der Waals surface area contributed by atoms with Crippen molar-refractivity contribution in [3.63, 3.8) is 0 Å². The summed E-state index contributed by atoms with van der Waals surface area (Å²) < 4.78 is 5.13. The fraction of sp³-hybridized carbons (Fsp3) is 0.0833. The molecule has 0 aliphatic rings. The van der Waals surface area contributed by atoms with Crippen molar-refractivity contribution in [2.75, 3.05) is 5.32 Å². The van der Waals surface area contributed by atoms with Crippen LogP contribution in [-0.4, -0.2) is 5.91 Å². The van der Waals surface area contributed by atoms with Crippen LogP contribution in [0.25, 0.3) is 11.0 Å². The van der Waals surface area contributed by atoms with Gasteiger partial charge < -0.3 is 9.73 Å². The first-order valence-corrected chi connectivity index (χ1v) is 4.89. The molecule has 0 atom stereocenters. The van der Waals surface area contributed by atoms with Crippen LogP contribution < -0.4 is 10.7 Å². The van der Waals surface area contributed by atoms with Crippen LogP contribution in [0.5, 0.6) is 0 Å². The highest BCUT2D eigenvalue weighted by molar-refractivity contribution is 5.94. The highest BCUT2D eigenvalue weighted by atomic mass is 16.3. The predicted molar refractivity (Wildman–Crippen MR) is 61.3 cm³/mol. The molecular formula is C12H8N2O3. The molecule has 0 radical (unpaired) electrons. The van der Waals surface area contributed by atoms with E-state index in [1.165, 1.54) is 18.4 Å². The van der Waals surface area contributed by atoms with Crippen LogP contribution in [0.15, 0.2) is 39.7 Å². The number of amides is 1. The summed E-state index contributed by atoms with van der Waals surface area (Å²) >= 11 is 0. The van der Waals surface area contributed by atoms with E-state index in [-0.39, 0.29) is 11.8 Å². The molecule has 2 rings (SSSR count). The van der Waals surface area contributed by atoms with Crippen LogP contribution >= 0.6 is 0 Å². The van der Waals surface area contributed by atoms with E-state index >= 15 is 0 Å². The summed E-state index contributed by atoms with van der Waals surface area (Å²) in [6.45, 7) is 0. The summed E-state index contributed by atoms with van der Waals surface area (Å²) in [6, 6.07) is 7.78. The topological polar surface area (TPSA) is 83.1 Å². The maximum absolute atomic E-state index is 11.5. The summed E-state index contributed by atoms with van der Waals surface area (Å²) in [6.07, 6.45) is 1.10. The van der Waals surface area contributed by atoms with E-state index in [2.05, 4.69) is 5.32 Å². The second kappa shape index (κ2) is 4.49. The second-order valence-corrected chi connectivity index (χ2v) is 3.38. The molecule has 84 valence electrons. The normalized spacial score (nSPS) is 9.82. The lowest BCUT2D eigenvalue weighted by molar-refractivity contribution is -0.115. The Bertz CT molecular complexity index is 667. The van der Waals surface area contributed by atoms with E-state index in [1.54, 1.807) is 18.2 Å². The molecule has 1 amide bonds. The summed E-state index contributed by atoms with van der Waals surface area (Å²) in [7, 11) is 0. The SMILES string of the molecule is N#CCC(=O)Nc1ccc2occc(=O)c2c1. The number of nitriles is 1. The highest BCUT2D eigenvalue weighted by Crippen LogP contribution is 2.16. The fourth-order valence-corrected chi connectivity index (χ4v) is 1.44. The largest absolute Gasteiger partial charge is 0.464 e.